The van der Waals surface area contributed by atoms with Crippen molar-refractivity contribution in [3.8, 4) is 6.07 Å². The fourth-order valence-corrected chi connectivity index (χ4v) is 3.05. The number of nitrogens with one attached hydrogen (secondary N) is 1. The Balaban J connectivity index is 1.69. The van der Waals surface area contributed by atoms with E-state index in [2.05, 4.69) is 11.4 Å². The number of carbonyl (C=O) groups is 1. The average molecular weight is 255 g/mol. The highest BCUT2D eigenvalue weighted by Gasteiger charge is 2.40. The summed E-state index contributed by atoms with van der Waals surface area (Å²) < 4.78 is 0. The highest BCUT2D eigenvalue weighted by molar-refractivity contribution is 5.82. The molecule has 2 heterocycles. The molecule has 2 unspecified atom stereocenters. The predicted molar refractivity (Wildman–Crippen MR) is 71.1 cm³/mol. The van der Waals surface area contributed by atoms with Crippen LogP contribution in [0, 0.1) is 17.2 Å². The number of fused-ring (bicyclic) bond motifs is 1. The first kappa shape index (κ1) is 12.2. The number of hydrogen-bond acceptors (Lipinski definition) is 3. The number of piperidine rings is 1. The molecule has 0 saturated carbocycles. The first-order chi connectivity index (χ1) is 9.28. The van der Waals surface area contributed by atoms with E-state index in [1.165, 1.54) is 0 Å². The van der Waals surface area contributed by atoms with Crippen molar-refractivity contribution in [3.63, 3.8) is 0 Å². The van der Waals surface area contributed by atoms with E-state index in [4.69, 9.17) is 5.26 Å². The Labute approximate surface area is 113 Å². The van der Waals surface area contributed by atoms with Gasteiger partial charge in [0.05, 0.1) is 17.6 Å². The van der Waals surface area contributed by atoms with Crippen LogP contribution < -0.4 is 5.32 Å². The number of amides is 1. The van der Waals surface area contributed by atoms with Gasteiger partial charge in [0.1, 0.15) is 0 Å². The Morgan fingerprint density at radius 3 is 2.84 bits per heavy atom. The summed E-state index contributed by atoms with van der Waals surface area (Å²) in [7, 11) is 0. The first-order valence-corrected chi connectivity index (χ1v) is 6.79. The van der Waals surface area contributed by atoms with Gasteiger partial charge in [-0.2, -0.15) is 5.26 Å². The quantitative estimate of drug-likeness (QED) is 0.865. The van der Waals surface area contributed by atoms with Crippen molar-refractivity contribution < 1.29 is 4.79 Å². The maximum absolute atomic E-state index is 12.3. The maximum atomic E-state index is 12.3. The standard InChI is InChI=1S/C15H17N3O/c16-8-11-3-5-12(6-4-11)9-18-10-14-13(15(18)19)2-1-7-17-14/h3-6,13-14,17H,1-2,7,9-10H2. The number of nitrogens with zero attached hydrogens (tertiary/aromatic N) is 2. The second kappa shape index (κ2) is 5.02. The lowest BCUT2D eigenvalue weighted by Gasteiger charge is -2.23. The molecule has 0 aromatic heterocycles. The van der Waals surface area contributed by atoms with Gasteiger partial charge in [-0.25, -0.2) is 0 Å². The molecule has 2 atom stereocenters. The van der Waals surface area contributed by atoms with Crippen LogP contribution in [0.1, 0.15) is 24.0 Å². The molecule has 0 radical (unpaired) electrons. The van der Waals surface area contributed by atoms with Crippen molar-refractivity contribution in [2.75, 3.05) is 13.1 Å². The summed E-state index contributed by atoms with van der Waals surface area (Å²) in [6.45, 7) is 2.49. The van der Waals surface area contributed by atoms with Gasteiger partial charge < -0.3 is 10.2 Å². The second-order valence-corrected chi connectivity index (χ2v) is 5.34. The number of nitriles is 1. The van der Waals surface area contributed by atoms with E-state index in [0.717, 1.165) is 31.5 Å². The lowest BCUT2D eigenvalue weighted by molar-refractivity contribution is -0.131. The zero-order chi connectivity index (χ0) is 13.2. The Morgan fingerprint density at radius 1 is 1.37 bits per heavy atom. The molecule has 0 aliphatic carbocycles. The Bertz CT molecular complexity index is 517. The fourth-order valence-electron chi connectivity index (χ4n) is 3.05. The molecule has 1 amide bonds. The fraction of sp³-hybridized carbons (Fsp3) is 0.467. The molecule has 19 heavy (non-hydrogen) atoms. The van der Waals surface area contributed by atoms with Crippen LogP contribution in [0.5, 0.6) is 0 Å². The minimum Gasteiger partial charge on any atom is -0.336 e. The van der Waals surface area contributed by atoms with Gasteiger partial charge in [-0.05, 0) is 37.1 Å². The van der Waals surface area contributed by atoms with Gasteiger partial charge in [0, 0.05) is 19.1 Å². The molecule has 2 saturated heterocycles. The normalized spacial score (nSPS) is 26.1. The van der Waals surface area contributed by atoms with Crippen LogP contribution in [0.2, 0.25) is 0 Å². The molecule has 2 fully saturated rings. The molecule has 0 bridgehead atoms. The van der Waals surface area contributed by atoms with Crippen molar-refractivity contribution >= 4 is 5.91 Å². The zero-order valence-electron chi connectivity index (χ0n) is 10.8. The average Bonchev–Trinajstić information content (AvgIpc) is 2.77. The molecule has 2 aliphatic rings. The van der Waals surface area contributed by atoms with Crippen LogP contribution in [-0.4, -0.2) is 29.9 Å². The van der Waals surface area contributed by atoms with E-state index < -0.39 is 0 Å². The molecular formula is C15H17N3O. The number of rotatable bonds is 2. The van der Waals surface area contributed by atoms with Gasteiger partial charge in [-0.15, -0.1) is 0 Å². The SMILES string of the molecule is N#Cc1ccc(CN2CC3NCCCC3C2=O)cc1. The van der Waals surface area contributed by atoms with Crippen LogP contribution in [0.4, 0.5) is 0 Å². The van der Waals surface area contributed by atoms with Crippen LogP contribution in [0.25, 0.3) is 0 Å². The Hall–Kier alpha value is -1.86. The van der Waals surface area contributed by atoms with Crippen molar-refractivity contribution in [2.45, 2.75) is 25.4 Å². The topological polar surface area (TPSA) is 56.1 Å². The second-order valence-electron chi connectivity index (χ2n) is 5.34. The minimum absolute atomic E-state index is 0.173. The summed E-state index contributed by atoms with van der Waals surface area (Å²) in [5.74, 6) is 0.452. The third-order valence-electron chi connectivity index (χ3n) is 4.09. The highest BCUT2D eigenvalue weighted by Crippen LogP contribution is 2.27. The Kier molecular flexibility index (Phi) is 3.22. The lowest BCUT2D eigenvalue weighted by Crippen LogP contribution is -2.41. The summed E-state index contributed by atoms with van der Waals surface area (Å²) in [6.07, 6.45) is 2.11. The highest BCUT2D eigenvalue weighted by atomic mass is 16.2. The van der Waals surface area contributed by atoms with Crippen LogP contribution in [0.15, 0.2) is 24.3 Å². The van der Waals surface area contributed by atoms with Crippen LogP contribution >= 0.6 is 0 Å². The number of hydrogen-bond donors (Lipinski definition) is 1. The van der Waals surface area contributed by atoms with E-state index in [9.17, 15) is 4.79 Å². The molecular weight excluding hydrogens is 238 g/mol. The molecule has 1 aromatic rings. The molecule has 2 aliphatic heterocycles. The van der Waals surface area contributed by atoms with Gasteiger partial charge in [-0.1, -0.05) is 12.1 Å². The molecule has 1 N–H and O–H groups in total. The number of likely N-dealkylation sites (tertiary alicyclic amines) is 1. The van der Waals surface area contributed by atoms with E-state index >= 15 is 0 Å². The van der Waals surface area contributed by atoms with E-state index in [1.807, 2.05) is 17.0 Å². The largest absolute Gasteiger partial charge is 0.336 e. The van der Waals surface area contributed by atoms with Gasteiger partial charge in [0.25, 0.3) is 0 Å². The van der Waals surface area contributed by atoms with E-state index in [-0.39, 0.29) is 11.8 Å². The number of carbonyl (C=O) groups excluding carboxylic acids is 1. The number of benzene rings is 1. The summed E-state index contributed by atoms with van der Waals surface area (Å²) in [5.41, 5.74) is 1.75. The lowest BCUT2D eigenvalue weighted by atomic mass is 9.94. The van der Waals surface area contributed by atoms with Gasteiger partial charge in [0.15, 0.2) is 0 Å². The smallest absolute Gasteiger partial charge is 0.227 e. The summed E-state index contributed by atoms with van der Waals surface area (Å²) in [5, 5.41) is 12.2. The molecule has 0 spiro atoms. The maximum Gasteiger partial charge on any atom is 0.227 e. The van der Waals surface area contributed by atoms with E-state index in [1.54, 1.807) is 12.1 Å². The zero-order valence-corrected chi connectivity index (χ0v) is 10.8. The summed E-state index contributed by atoms with van der Waals surface area (Å²) in [6, 6.07) is 9.92. The van der Waals surface area contributed by atoms with Gasteiger partial charge in [-0.3, -0.25) is 4.79 Å². The van der Waals surface area contributed by atoms with Crippen molar-refractivity contribution in [1.29, 1.82) is 5.26 Å². The Morgan fingerprint density at radius 2 is 2.16 bits per heavy atom. The monoisotopic (exact) mass is 255 g/mol. The van der Waals surface area contributed by atoms with Gasteiger partial charge >= 0.3 is 0 Å². The third kappa shape index (κ3) is 2.34. The van der Waals surface area contributed by atoms with Crippen LogP contribution in [-0.2, 0) is 11.3 Å². The van der Waals surface area contributed by atoms with Crippen molar-refractivity contribution in [1.82, 2.24) is 10.2 Å². The van der Waals surface area contributed by atoms with E-state index in [0.29, 0.717) is 18.2 Å². The first-order valence-electron chi connectivity index (χ1n) is 6.79. The van der Waals surface area contributed by atoms with Gasteiger partial charge in [0.2, 0.25) is 5.91 Å². The van der Waals surface area contributed by atoms with Crippen LogP contribution in [0.3, 0.4) is 0 Å². The molecule has 4 nitrogen and oxygen atoms in total. The molecule has 98 valence electrons. The van der Waals surface area contributed by atoms with Crippen molar-refractivity contribution in [3.05, 3.63) is 35.4 Å². The molecule has 1 aromatic carbocycles. The summed E-state index contributed by atoms with van der Waals surface area (Å²) >= 11 is 0. The molecule has 4 heteroatoms. The third-order valence-corrected chi connectivity index (χ3v) is 4.09. The molecule has 3 rings (SSSR count). The predicted octanol–water partition coefficient (Wildman–Crippen LogP) is 1.27. The van der Waals surface area contributed by atoms with Crippen molar-refractivity contribution in [2.24, 2.45) is 5.92 Å². The minimum atomic E-state index is 0.173. The summed E-state index contributed by atoms with van der Waals surface area (Å²) in [4.78, 5) is 14.2.